The van der Waals surface area contributed by atoms with Crippen LogP contribution in [0.1, 0.15) is 40.2 Å². The first kappa shape index (κ1) is 20.2. The SMILES string of the molecule is Brc1cc2c(c3ccccc13)-c1ccccc1C21C2=CCC3C(=C2c2ccccc21)Oc1ccccc13. The number of halogens is 1. The van der Waals surface area contributed by atoms with Crippen LogP contribution in [0.15, 0.2) is 125 Å². The number of hydrogen-bond donors (Lipinski definition) is 0. The van der Waals surface area contributed by atoms with E-state index in [1.165, 1.54) is 60.9 Å². The van der Waals surface area contributed by atoms with Crippen LogP contribution in [-0.2, 0) is 5.41 Å². The largest absolute Gasteiger partial charge is 0.460 e. The lowest BCUT2D eigenvalue weighted by atomic mass is 9.68. The Bertz CT molecular complexity index is 1910. The minimum Gasteiger partial charge on any atom is -0.460 e. The number of fused-ring (bicyclic) bond motifs is 15. The van der Waals surface area contributed by atoms with E-state index in [0.29, 0.717) is 0 Å². The first-order chi connectivity index (χ1) is 18.3. The van der Waals surface area contributed by atoms with Crippen molar-refractivity contribution in [1.29, 1.82) is 0 Å². The molecule has 0 radical (unpaired) electrons. The zero-order valence-electron chi connectivity index (χ0n) is 20.0. The van der Waals surface area contributed by atoms with Crippen LogP contribution in [0, 0.1) is 0 Å². The smallest absolute Gasteiger partial charge is 0.130 e. The van der Waals surface area contributed by atoms with Crippen molar-refractivity contribution in [3.63, 3.8) is 0 Å². The molecule has 2 unspecified atom stereocenters. The Balaban J connectivity index is 1.44. The quantitative estimate of drug-likeness (QED) is 0.191. The van der Waals surface area contributed by atoms with Gasteiger partial charge in [-0.1, -0.05) is 113 Å². The highest BCUT2D eigenvalue weighted by atomic mass is 79.9. The average Bonchev–Trinajstić information content (AvgIpc) is 3.57. The van der Waals surface area contributed by atoms with Crippen LogP contribution in [0.4, 0.5) is 0 Å². The molecule has 1 nitrogen and oxygen atoms in total. The van der Waals surface area contributed by atoms with Gasteiger partial charge in [0, 0.05) is 21.5 Å². The van der Waals surface area contributed by atoms with Crippen molar-refractivity contribution in [2.45, 2.75) is 17.8 Å². The maximum absolute atomic E-state index is 6.68. The highest BCUT2D eigenvalue weighted by molar-refractivity contribution is 9.10. The van der Waals surface area contributed by atoms with E-state index in [-0.39, 0.29) is 11.3 Å². The van der Waals surface area contributed by atoms with E-state index in [1.54, 1.807) is 0 Å². The molecule has 0 saturated heterocycles. The second-order valence-corrected chi connectivity index (χ2v) is 11.3. The third-order valence-corrected chi connectivity index (χ3v) is 9.56. The molecule has 2 heteroatoms. The van der Waals surface area contributed by atoms with Gasteiger partial charge < -0.3 is 4.74 Å². The summed E-state index contributed by atoms with van der Waals surface area (Å²) in [5.74, 6) is 2.40. The minimum absolute atomic E-state index is 0.276. The van der Waals surface area contributed by atoms with E-state index in [2.05, 4.69) is 125 Å². The maximum Gasteiger partial charge on any atom is 0.130 e. The highest BCUT2D eigenvalue weighted by Gasteiger charge is 2.56. The topological polar surface area (TPSA) is 9.23 Å². The molecule has 9 rings (SSSR count). The third kappa shape index (κ3) is 2.28. The van der Waals surface area contributed by atoms with Gasteiger partial charge in [-0.15, -0.1) is 0 Å². The van der Waals surface area contributed by atoms with Crippen molar-refractivity contribution in [2.24, 2.45) is 0 Å². The number of hydrogen-bond acceptors (Lipinski definition) is 1. The molecule has 3 aliphatic carbocycles. The van der Waals surface area contributed by atoms with Crippen LogP contribution in [0.3, 0.4) is 0 Å². The summed E-state index contributed by atoms with van der Waals surface area (Å²) in [7, 11) is 0. The van der Waals surface area contributed by atoms with E-state index < -0.39 is 0 Å². The van der Waals surface area contributed by atoms with Gasteiger partial charge in [0.2, 0.25) is 0 Å². The maximum atomic E-state index is 6.68. The molecule has 174 valence electrons. The summed E-state index contributed by atoms with van der Waals surface area (Å²) in [6.07, 6.45) is 3.47. The summed E-state index contributed by atoms with van der Waals surface area (Å²) < 4.78 is 7.83. The van der Waals surface area contributed by atoms with Crippen LogP contribution in [0.5, 0.6) is 5.75 Å². The molecule has 0 bridgehead atoms. The first-order valence-electron chi connectivity index (χ1n) is 12.9. The zero-order chi connectivity index (χ0) is 24.3. The lowest BCUT2D eigenvalue weighted by Gasteiger charge is -2.33. The van der Waals surface area contributed by atoms with Gasteiger partial charge >= 0.3 is 0 Å². The molecule has 1 spiro atoms. The molecule has 5 aromatic carbocycles. The van der Waals surface area contributed by atoms with Crippen molar-refractivity contribution in [3.05, 3.63) is 153 Å². The normalized spacial score (nSPS) is 21.6. The zero-order valence-corrected chi connectivity index (χ0v) is 21.5. The molecule has 1 aliphatic heterocycles. The Labute approximate surface area is 223 Å². The molecule has 37 heavy (non-hydrogen) atoms. The average molecular weight is 537 g/mol. The molecule has 2 atom stereocenters. The molecule has 4 aliphatic rings. The molecule has 0 amide bonds. The van der Waals surface area contributed by atoms with E-state index in [9.17, 15) is 0 Å². The third-order valence-electron chi connectivity index (χ3n) is 8.91. The van der Waals surface area contributed by atoms with Gasteiger partial charge in [0.05, 0.1) is 5.41 Å². The van der Waals surface area contributed by atoms with Crippen molar-refractivity contribution < 1.29 is 4.74 Å². The van der Waals surface area contributed by atoms with Gasteiger partial charge in [-0.3, -0.25) is 0 Å². The van der Waals surface area contributed by atoms with Crippen molar-refractivity contribution in [1.82, 2.24) is 0 Å². The van der Waals surface area contributed by atoms with Crippen LogP contribution in [0.25, 0.3) is 27.5 Å². The summed E-state index contributed by atoms with van der Waals surface area (Å²) in [4.78, 5) is 0. The second-order valence-electron chi connectivity index (χ2n) is 10.5. The molecular formula is C35H21BrO. The molecule has 1 heterocycles. The van der Waals surface area contributed by atoms with E-state index in [4.69, 9.17) is 4.74 Å². The predicted octanol–water partition coefficient (Wildman–Crippen LogP) is 9.15. The fraction of sp³-hybridized carbons (Fsp3) is 0.0857. The molecule has 0 N–H and O–H groups in total. The summed E-state index contributed by atoms with van der Waals surface area (Å²) in [5, 5.41) is 2.55. The van der Waals surface area contributed by atoms with Crippen LogP contribution < -0.4 is 4.74 Å². The van der Waals surface area contributed by atoms with Gasteiger partial charge in [-0.05, 0) is 68.3 Å². The van der Waals surface area contributed by atoms with E-state index in [0.717, 1.165) is 22.4 Å². The van der Waals surface area contributed by atoms with Crippen LogP contribution in [0.2, 0.25) is 0 Å². The molecule has 5 aromatic rings. The number of benzene rings is 5. The minimum atomic E-state index is -0.361. The first-order valence-corrected chi connectivity index (χ1v) is 13.7. The predicted molar refractivity (Wildman–Crippen MR) is 153 cm³/mol. The van der Waals surface area contributed by atoms with Crippen LogP contribution >= 0.6 is 15.9 Å². The molecule has 0 saturated carbocycles. The molecular weight excluding hydrogens is 516 g/mol. The molecule has 0 aromatic heterocycles. The summed E-state index contributed by atoms with van der Waals surface area (Å²) in [6, 6.07) is 37.8. The highest BCUT2D eigenvalue weighted by Crippen LogP contribution is 2.67. The number of ether oxygens (including phenoxy) is 1. The van der Waals surface area contributed by atoms with Crippen molar-refractivity contribution in [2.75, 3.05) is 0 Å². The monoisotopic (exact) mass is 536 g/mol. The van der Waals surface area contributed by atoms with Gasteiger partial charge in [0.15, 0.2) is 0 Å². The van der Waals surface area contributed by atoms with Gasteiger partial charge in [0.1, 0.15) is 11.5 Å². The Morgan fingerprint density at radius 2 is 1.38 bits per heavy atom. The fourth-order valence-corrected chi connectivity index (χ4v) is 8.16. The lowest BCUT2D eigenvalue weighted by molar-refractivity contribution is 0.427. The van der Waals surface area contributed by atoms with Gasteiger partial charge in [-0.25, -0.2) is 0 Å². The second kappa shape index (κ2) is 6.90. The van der Waals surface area contributed by atoms with Gasteiger partial charge in [0.25, 0.3) is 0 Å². The fourth-order valence-electron chi connectivity index (χ4n) is 7.58. The Hall–Kier alpha value is -3.88. The Morgan fingerprint density at radius 3 is 2.24 bits per heavy atom. The van der Waals surface area contributed by atoms with E-state index in [1.807, 2.05) is 0 Å². The Morgan fingerprint density at radius 1 is 0.703 bits per heavy atom. The lowest BCUT2D eigenvalue weighted by Crippen LogP contribution is -2.27. The van der Waals surface area contributed by atoms with Crippen molar-refractivity contribution >= 4 is 32.3 Å². The van der Waals surface area contributed by atoms with Gasteiger partial charge in [-0.2, -0.15) is 0 Å². The van der Waals surface area contributed by atoms with E-state index >= 15 is 0 Å². The van der Waals surface area contributed by atoms with Crippen LogP contribution in [-0.4, -0.2) is 0 Å². The number of para-hydroxylation sites is 1. The Kier molecular flexibility index (Phi) is 3.77. The molecule has 0 fully saturated rings. The number of allylic oxidation sites excluding steroid dienone is 4. The standard InChI is InChI=1S/C35H21BrO/c36-30-19-29-32(22-11-2-1-9-20(22)30)24-12-3-6-14-26(24)35(29)27-15-7-4-13-25(27)33-28(35)18-17-23-21-10-5-8-16-31(21)37-34(23)33/h1-16,18-19,23H,17H2. The summed E-state index contributed by atoms with van der Waals surface area (Å²) >= 11 is 3.96. The van der Waals surface area contributed by atoms with Crippen molar-refractivity contribution in [3.8, 4) is 16.9 Å². The summed E-state index contributed by atoms with van der Waals surface area (Å²) in [5.41, 5.74) is 11.7. The summed E-state index contributed by atoms with van der Waals surface area (Å²) in [6.45, 7) is 0. The number of rotatable bonds is 0.